The van der Waals surface area contributed by atoms with Crippen LogP contribution in [0.5, 0.6) is 11.5 Å². The van der Waals surface area contributed by atoms with Crippen LogP contribution < -0.4 is 14.8 Å². The molecule has 0 spiro atoms. The lowest BCUT2D eigenvalue weighted by Crippen LogP contribution is -2.56. The maximum absolute atomic E-state index is 5.49. The Morgan fingerprint density at radius 1 is 1.26 bits per heavy atom. The monoisotopic (exact) mass is 264 g/mol. The number of likely N-dealkylation sites (N-methyl/N-ethyl adjacent to an activating group) is 1. The van der Waals surface area contributed by atoms with Crippen molar-refractivity contribution in [2.24, 2.45) is 0 Å². The van der Waals surface area contributed by atoms with E-state index in [1.54, 1.807) is 14.2 Å². The first kappa shape index (κ1) is 14.2. The summed E-state index contributed by atoms with van der Waals surface area (Å²) in [7, 11) is 5.60. The molecule has 1 aromatic rings. The largest absolute Gasteiger partial charge is 0.497 e. The number of ether oxygens (including phenoxy) is 2. The van der Waals surface area contributed by atoms with E-state index in [4.69, 9.17) is 9.47 Å². The predicted octanol–water partition coefficient (Wildman–Crippen LogP) is 1.46. The molecule has 4 heteroatoms. The Hall–Kier alpha value is -1.26. The summed E-state index contributed by atoms with van der Waals surface area (Å²) in [6, 6.07) is 4.72. The summed E-state index contributed by atoms with van der Waals surface area (Å²) in [4.78, 5) is 2.42. The van der Waals surface area contributed by atoms with Gasteiger partial charge >= 0.3 is 0 Å². The molecule has 1 aromatic carbocycles. The molecule has 0 atom stereocenters. The molecule has 0 aliphatic carbocycles. The van der Waals surface area contributed by atoms with Gasteiger partial charge in [0.15, 0.2) is 0 Å². The van der Waals surface area contributed by atoms with Crippen molar-refractivity contribution >= 4 is 0 Å². The molecule has 0 unspecified atom stereocenters. The second-order valence-electron chi connectivity index (χ2n) is 5.17. The molecule has 0 amide bonds. The Kier molecular flexibility index (Phi) is 4.66. The first-order valence-electron chi connectivity index (χ1n) is 6.78. The van der Waals surface area contributed by atoms with Crippen LogP contribution in [0.25, 0.3) is 0 Å². The minimum absolute atomic E-state index is 0.685. The molecule has 19 heavy (non-hydrogen) atoms. The Morgan fingerprint density at radius 3 is 2.53 bits per heavy atom. The molecular formula is C15H24N2O2. The summed E-state index contributed by atoms with van der Waals surface area (Å²) in [5.74, 6) is 1.78. The first-order valence-corrected chi connectivity index (χ1v) is 6.78. The third-order valence-electron chi connectivity index (χ3n) is 3.96. The topological polar surface area (TPSA) is 33.7 Å². The predicted molar refractivity (Wildman–Crippen MR) is 77.3 cm³/mol. The fourth-order valence-corrected chi connectivity index (χ4v) is 2.43. The van der Waals surface area contributed by atoms with Gasteiger partial charge in [-0.15, -0.1) is 0 Å². The van der Waals surface area contributed by atoms with Crippen LogP contribution in [-0.2, 0) is 6.42 Å². The molecule has 1 aliphatic rings. The molecule has 1 aliphatic heterocycles. The SMILES string of the molecule is COc1cc(C)c(CCN(C)C2CNC2)c(OC)c1. The smallest absolute Gasteiger partial charge is 0.126 e. The van der Waals surface area contributed by atoms with E-state index in [2.05, 4.69) is 30.3 Å². The van der Waals surface area contributed by atoms with E-state index in [1.807, 2.05) is 6.07 Å². The van der Waals surface area contributed by atoms with Gasteiger partial charge in [-0.05, 0) is 37.6 Å². The zero-order valence-corrected chi connectivity index (χ0v) is 12.3. The van der Waals surface area contributed by atoms with Crippen LogP contribution in [0.15, 0.2) is 12.1 Å². The highest BCUT2D eigenvalue weighted by molar-refractivity contribution is 5.46. The fraction of sp³-hybridized carbons (Fsp3) is 0.600. The van der Waals surface area contributed by atoms with Crippen molar-refractivity contribution in [3.8, 4) is 11.5 Å². The van der Waals surface area contributed by atoms with E-state index < -0.39 is 0 Å². The van der Waals surface area contributed by atoms with Gasteiger partial charge in [0.2, 0.25) is 0 Å². The molecule has 1 fully saturated rings. The summed E-state index contributed by atoms with van der Waals surface area (Å²) in [5, 5.41) is 3.31. The number of nitrogens with zero attached hydrogens (tertiary/aromatic N) is 1. The molecule has 2 rings (SSSR count). The van der Waals surface area contributed by atoms with Gasteiger partial charge in [0.05, 0.1) is 14.2 Å². The first-order chi connectivity index (χ1) is 9.15. The maximum Gasteiger partial charge on any atom is 0.126 e. The minimum Gasteiger partial charge on any atom is -0.497 e. The van der Waals surface area contributed by atoms with Crippen molar-refractivity contribution in [1.29, 1.82) is 0 Å². The quantitative estimate of drug-likeness (QED) is 0.843. The maximum atomic E-state index is 5.49. The lowest BCUT2D eigenvalue weighted by Gasteiger charge is -2.35. The summed E-state index contributed by atoms with van der Waals surface area (Å²) in [5.41, 5.74) is 2.51. The van der Waals surface area contributed by atoms with E-state index in [0.29, 0.717) is 6.04 Å². The van der Waals surface area contributed by atoms with E-state index in [1.165, 1.54) is 11.1 Å². The number of benzene rings is 1. The fourth-order valence-electron chi connectivity index (χ4n) is 2.43. The van der Waals surface area contributed by atoms with E-state index in [-0.39, 0.29) is 0 Å². The average Bonchev–Trinajstić information content (AvgIpc) is 2.34. The number of aryl methyl sites for hydroxylation is 1. The van der Waals surface area contributed by atoms with Crippen LogP contribution in [0.1, 0.15) is 11.1 Å². The molecule has 106 valence electrons. The summed E-state index contributed by atoms with van der Waals surface area (Å²) in [6.45, 7) is 5.38. The molecule has 4 nitrogen and oxygen atoms in total. The van der Waals surface area contributed by atoms with Crippen molar-refractivity contribution in [2.75, 3.05) is 40.9 Å². The van der Waals surface area contributed by atoms with Crippen LogP contribution in [0.3, 0.4) is 0 Å². The minimum atomic E-state index is 0.685. The zero-order valence-electron chi connectivity index (χ0n) is 12.3. The Bertz CT molecular complexity index is 430. The van der Waals surface area contributed by atoms with Crippen LogP contribution in [0.4, 0.5) is 0 Å². The zero-order chi connectivity index (χ0) is 13.8. The summed E-state index contributed by atoms with van der Waals surface area (Å²) in [6.07, 6.45) is 1.01. The second-order valence-corrected chi connectivity index (χ2v) is 5.17. The van der Waals surface area contributed by atoms with Gasteiger partial charge in [-0.25, -0.2) is 0 Å². The van der Waals surface area contributed by atoms with Gasteiger partial charge in [0.25, 0.3) is 0 Å². The van der Waals surface area contributed by atoms with Gasteiger partial charge in [-0.3, -0.25) is 0 Å². The number of hydrogen-bond donors (Lipinski definition) is 1. The molecule has 0 bridgehead atoms. The van der Waals surface area contributed by atoms with Crippen molar-refractivity contribution < 1.29 is 9.47 Å². The second kappa shape index (κ2) is 6.26. The van der Waals surface area contributed by atoms with Crippen molar-refractivity contribution in [1.82, 2.24) is 10.2 Å². The van der Waals surface area contributed by atoms with Crippen molar-refractivity contribution in [2.45, 2.75) is 19.4 Å². The van der Waals surface area contributed by atoms with Crippen LogP contribution in [0.2, 0.25) is 0 Å². The molecule has 0 saturated carbocycles. The average molecular weight is 264 g/mol. The van der Waals surface area contributed by atoms with Crippen LogP contribution in [0, 0.1) is 6.92 Å². The van der Waals surface area contributed by atoms with Gasteiger partial charge in [-0.2, -0.15) is 0 Å². The lowest BCUT2D eigenvalue weighted by atomic mass is 10.0. The van der Waals surface area contributed by atoms with E-state index in [0.717, 1.165) is 37.6 Å². The number of hydrogen-bond acceptors (Lipinski definition) is 4. The highest BCUT2D eigenvalue weighted by atomic mass is 16.5. The molecule has 0 aromatic heterocycles. The summed E-state index contributed by atoms with van der Waals surface area (Å²) < 4.78 is 10.8. The number of nitrogens with one attached hydrogen (secondary N) is 1. The van der Waals surface area contributed by atoms with Gasteiger partial charge in [0, 0.05) is 31.7 Å². The van der Waals surface area contributed by atoms with E-state index >= 15 is 0 Å². The standard InChI is InChI=1S/C15H24N2O2/c1-11-7-13(18-3)8-15(19-4)14(11)5-6-17(2)12-9-16-10-12/h7-8,12,16H,5-6,9-10H2,1-4H3. The van der Waals surface area contributed by atoms with Crippen LogP contribution in [-0.4, -0.2) is 51.8 Å². The molecule has 1 N–H and O–H groups in total. The van der Waals surface area contributed by atoms with Gasteiger partial charge < -0.3 is 19.7 Å². The lowest BCUT2D eigenvalue weighted by molar-refractivity contribution is 0.182. The number of rotatable bonds is 6. The van der Waals surface area contributed by atoms with Crippen molar-refractivity contribution in [3.63, 3.8) is 0 Å². The Balaban J connectivity index is 2.05. The Morgan fingerprint density at radius 2 is 2.00 bits per heavy atom. The third-order valence-corrected chi connectivity index (χ3v) is 3.96. The third kappa shape index (κ3) is 3.19. The number of methoxy groups -OCH3 is 2. The highest BCUT2D eigenvalue weighted by Crippen LogP contribution is 2.29. The molecule has 1 heterocycles. The molecule has 0 radical (unpaired) electrons. The summed E-state index contributed by atoms with van der Waals surface area (Å²) >= 11 is 0. The van der Waals surface area contributed by atoms with E-state index in [9.17, 15) is 0 Å². The van der Waals surface area contributed by atoms with Crippen LogP contribution >= 0.6 is 0 Å². The normalized spacial score (nSPS) is 15.4. The van der Waals surface area contributed by atoms with Gasteiger partial charge in [0.1, 0.15) is 11.5 Å². The molecule has 1 saturated heterocycles. The highest BCUT2D eigenvalue weighted by Gasteiger charge is 2.21. The Labute approximate surface area is 115 Å². The van der Waals surface area contributed by atoms with Gasteiger partial charge in [-0.1, -0.05) is 0 Å². The van der Waals surface area contributed by atoms with Crippen molar-refractivity contribution in [3.05, 3.63) is 23.3 Å². The molecular weight excluding hydrogens is 240 g/mol.